The largest absolute Gasteiger partial charge is 0.459 e. The van der Waals surface area contributed by atoms with Crippen LogP contribution in [0.25, 0.3) is 0 Å². The molecule has 1 aromatic heterocycles. The summed E-state index contributed by atoms with van der Waals surface area (Å²) in [4.78, 5) is 21.0. The van der Waals surface area contributed by atoms with Gasteiger partial charge in [0.05, 0.1) is 29.7 Å². The molecule has 0 amide bonds. The Labute approximate surface area is 166 Å². The molecule has 2 aliphatic heterocycles. The van der Waals surface area contributed by atoms with Crippen LogP contribution in [0.5, 0.6) is 0 Å². The second kappa shape index (κ2) is 7.14. The summed E-state index contributed by atoms with van der Waals surface area (Å²) >= 11 is 5.81. The van der Waals surface area contributed by atoms with Gasteiger partial charge in [0.25, 0.3) is 6.02 Å². The van der Waals surface area contributed by atoms with Crippen molar-refractivity contribution in [2.24, 2.45) is 16.6 Å². The highest BCUT2D eigenvalue weighted by atomic mass is 35.5. The molecule has 28 heavy (non-hydrogen) atoms. The molecule has 8 heteroatoms. The smallest absolute Gasteiger partial charge is 0.283 e. The molecule has 2 aromatic rings. The van der Waals surface area contributed by atoms with Crippen molar-refractivity contribution in [1.82, 2.24) is 4.98 Å². The first-order valence-electron chi connectivity index (χ1n) is 8.90. The Morgan fingerprint density at radius 1 is 1.36 bits per heavy atom. The van der Waals surface area contributed by atoms with Gasteiger partial charge < -0.3 is 15.2 Å². The zero-order chi connectivity index (χ0) is 19.9. The average molecular weight is 404 g/mol. The van der Waals surface area contributed by atoms with Crippen LogP contribution in [0.15, 0.2) is 41.5 Å². The van der Waals surface area contributed by atoms with Gasteiger partial charge in [0.1, 0.15) is 17.6 Å². The van der Waals surface area contributed by atoms with E-state index in [2.05, 4.69) is 9.98 Å². The van der Waals surface area contributed by atoms with Crippen LogP contribution in [0.3, 0.4) is 0 Å². The standard InChI is InChI=1S/C20H19ClFN3O3/c1-20(14-9-27-10-18(14)28-19(23)25-20)13-6-11(2-4-15(13)22)7-17(26)16-5-3-12(21)8-24-16/h2-6,8,14,18H,7,9-10H2,1H3,(H2,23,25)/t14-,18+,20+/m0/s1. The lowest BCUT2D eigenvalue weighted by Crippen LogP contribution is -2.47. The Balaban J connectivity index is 1.66. The minimum atomic E-state index is -0.939. The number of benzene rings is 1. The number of pyridine rings is 1. The summed E-state index contributed by atoms with van der Waals surface area (Å²) in [6.07, 6.45) is 1.23. The highest BCUT2D eigenvalue weighted by Gasteiger charge is 2.50. The summed E-state index contributed by atoms with van der Waals surface area (Å²) < 4.78 is 25.8. The number of carbonyl (C=O) groups is 1. The van der Waals surface area contributed by atoms with Crippen molar-refractivity contribution in [3.63, 3.8) is 0 Å². The fourth-order valence-electron chi connectivity index (χ4n) is 3.82. The van der Waals surface area contributed by atoms with E-state index in [1.165, 1.54) is 12.3 Å². The maximum absolute atomic E-state index is 14.8. The first-order valence-corrected chi connectivity index (χ1v) is 9.28. The van der Waals surface area contributed by atoms with Crippen LogP contribution in [-0.2, 0) is 21.4 Å². The molecular formula is C20H19ClFN3O3. The first-order chi connectivity index (χ1) is 13.4. The number of Topliss-reactive ketones (excluding diaryl/α,β-unsaturated/α-hetero) is 1. The molecule has 0 unspecified atom stereocenters. The van der Waals surface area contributed by atoms with Crippen LogP contribution in [0, 0.1) is 11.7 Å². The lowest BCUT2D eigenvalue weighted by Gasteiger charge is -2.38. The number of rotatable bonds is 4. The predicted octanol–water partition coefficient (Wildman–Crippen LogP) is 2.87. The molecule has 2 aliphatic rings. The molecule has 0 bridgehead atoms. The fourth-order valence-corrected chi connectivity index (χ4v) is 3.93. The number of ketones is 1. The topological polar surface area (TPSA) is 86.8 Å². The van der Waals surface area contributed by atoms with Gasteiger partial charge in [-0.15, -0.1) is 0 Å². The molecule has 0 saturated carbocycles. The Bertz CT molecular complexity index is 950. The number of aliphatic imine (C=N–C) groups is 1. The molecule has 146 valence electrons. The maximum atomic E-state index is 14.8. The van der Waals surface area contributed by atoms with Crippen molar-refractivity contribution in [2.75, 3.05) is 13.2 Å². The average Bonchev–Trinajstić information content (AvgIpc) is 3.13. The van der Waals surface area contributed by atoms with Gasteiger partial charge in [-0.3, -0.25) is 9.78 Å². The summed E-state index contributed by atoms with van der Waals surface area (Å²) in [5.74, 6) is -0.762. The molecule has 4 rings (SSSR count). The van der Waals surface area contributed by atoms with Gasteiger partial charge >= 0.3 is 0 Å². The van der Waals surface area contributed by atoms with E-state index in [0.717, 1.165) is 0 Å². The third kappa shape index (κ3) is 3.36. The van der Waals surface area contributed by atoms with Crippen molar-refractivity contribution >= 4 is 23.4 Å². The van der Waals surface area contributed by atoms with Gasteiger partial charge in [0.15, 0.2) is 5.78 Å². The van der Waals surface area contributed by atoms with Crippen LogP contribution in [0.1, 0.15) is 28.5 Å². The Hall–Kier alpha value is -2.51. The second-order valence-corrected chi connectivity index (χ2v) is 7.61. The number of halogens is 2. The molecule has 1 fully saturated rings. The van der Waals surface area contributed by atoms with Gasteiger partial charge in [-0.2, -0.15) is 0 Å². The van der Waals surface area contributed by atoms with Crippen LogP contribution in [0.2, 0.25) is 5.02 Å². The molecule has 1 saturated heterocycles. The molecule has 0 radical (unpaired) electrons. The maximum Gasteiger partial charge on any atom is 0.283 e. The zero-order valence-electron chi connectivity index (χ0n) is 15.2. The van der Waals surface area contributed by atoms with Crippen LogP contribution in [-0.4, -0.2) is 36.1 Å². The Morgan fingerprint density at radius 2 is 2.18 bits per heavy atom. The second-order valence-electron chi connectivity index (χ2n) is 7.17. The summed E-state index contributed by atoms with van der Waals surface area (Å²) in [5.41, 5.74) is 6.23. The minimum Gasteiger partial charge on any atom is -0.459 e. The number of hydrogen-bond acceptors (Lipinski definition) is 6. The van der Waals surface area contributed by atoms with Crippen molar-refractivity contribution in [1.29, 1.82) is 0 Å². The molecular weight excluding hydrogens is 385 g/mol. The van der Waals surface area contributed by atoms with Gasteiger partial charge in [0, 0.05) is 18.2 Å². The quantitative estimate of drug-likeness (QED) is 0.793. The molecule has 1 aromatic carbocycles. The van der Waals surface area contributed by atoms with E-state index in [4.69, 9.17) is 26.8 Å². The van der Waals surface area contributed by atoms with E-state index in [1.54, 1.807) is 24.3 Å². The normalized spacial score (nSPS) is 26.3. The SMILES string of the molecule is C[C@]1(c2cc(CC(=O)c3ccc(Cl)cn3)ccc2F)N=C(N)O[C@@H]2COC[C@@H]21. The minimum absolute atomic E-state index is 0.0143. The van der Waals surface area contributed by atoms with Crippen LogP contribution in [0.4, 0.5) is 4.39 Å². The molecule has 0 aliphatic carbocycles. The fraction of sp³-hybridized carbons (Fsp3) is 0.350. The lowest BCUT2D eigenvalue weighted by molar-refractivity contribution is 0.0816. The van der Waals surface area contributed by atoms with E-state index in [1.807, 2.05) is 6.92 Å². The third-order valence-electron chi connectivity index (χ3n) is 5.32. The predicted molar refractivity (Wildman–Crippen MR) is 102 cm³/mol. The summed E-state index contributed by atoms with van der Waals surface area (Å²) in [6, 6.07) is 7.80. The summed E-state index contributed by atoms with van der Waals surface area (Å²) in [6.45, 7) is 2.60. The van der Waals surface area contributed by atoms with Gasteiger partial charge in [-0.1, -0.05) is 17.7 Å². The number of hydrogen-bond donors (Lipinski definition) is 1. The van der Waals surface area contributed by atoms with Gasteiger partial charge in [0.2, 0.25) is 0 Å². The van der Waals surface area contributed by atoms with Gasteiger partial charge in [-0.25, -0.2) is 9.38 Å². The molecule has 3 atom stereocenters. The molecule has 2 N–H and O–H groups in total. The van der Waals surface area contributed by atoms with E-state index in [9.17, 15) is 9.18 Å². The van der Waals surface area contributed by atoms with E-state index < -0.39 is 11.4 Å². The Kier molecular flexibility index (Phi) is 4.81. The van der Waals surface area contributed by atoms with Crippen molar-refractivity contribution in [3.05, 3.63) is 64.2 Å². The summed E-state index contributed by atoms with van der Waals surface area (Å²) in [5, 5.41) is 0.455. The third-order valence-corrected chi connectivity index (χ3v) is 5.54. The molecule has 3 heterocycles. The van der Waals surface area contributed by atoms with Crippen molar-refractivity contribution in [3.8, 4) is 0 Å². The van der Waals surface area contributed by atoms with Crippen LogP contribution >= 0.6 is 11.6 Å². The number of amidine groups is 1. The van der Waals surface area contributed by atoms with Crippen molar-refractivity contribution < 1.29 is 18.7 Å². The number of nitrogens with two attached hydrogens (primary N) is 1. The number of aromatic nitrogens is 1. The van der Waals surface area contributed by atoms with E-state index in [0.29, 0.717) is 35.1 Å². The highest BCUT2D eigenvalue weighted by Crippen LogP contribution is 2.43. The Morgan fingerprint density at radius 3 is 2.93 bits per heavy atom. The summed E-state index contributed by atoms with van der Waals surface area (Å²) in [7, 11) is 0. The molecule has 6 nitrogen and oxygen atoms in total. The monoisotopic (exact) mass is 403 g/mol. The van der Waals surface area contributed by atoms with Crippen LogP contribution < -0.4 is 5.73 Å². The number of ether oxygens (including phenoxy) is 2. The highest BCUT2D eigenvalue weighted by molar-refractivity contribution is 6.30. The zero-order valence-corrected chi connectivity index (χ0v) is 15.9. The van der Waals surface area contributed by atoms with E-state index >= 15 is 0 Å². The van der Waals surface area contributed by atoms with Gasteiger partial charge in [-0.05, 0) is 36.8 Å². The van der Waals surface area contributed by atoms with E-state index in [-0.39, 0.29) is 30.2 Å². The number of fused-ring (bicyclic) bond motifs is 1. The first kappa shape index (κ1) is 18.8. The molecule has 0 spiro atoms. The number of nitrogens with zero attached hydrogens (tertiary/aromatic N) is 2. The van der Waals surface area contributed by atoms with Crippen molar-refractivity contribution in [2.45, 2.75) is 25.0 Å². The lowest BCUT2D eigenvalue weighted by atomic mass is 9.77. The number of carbonyl (C=O) groups excluding carboxylic acids is 1.